The normalized spacial score (nSPS) is 10.7. The highest BCUT2D eigenvalue weighted by Gasteiger charge is 2.19. The molecule has 33 heavy (non-hydrogen) atoms. The first-order valence-electron chi connectivity index (χ1n) is 9.86. The van der Waals surface area contributed by atoms with Crippen LogP contribution in [0.15, 0.2) is 67.4 Å². The van der Waals surface area contributed by atoms with Crippen LogP contribution in [0, 0.1) is 0 Å². The Bertz CT molecular complexity index is 1360. The minimum atomic E-state index is -0.286. The second kappa shape index (κ2) is 9.48. The average Bonchev–Trinajstić information content (AvgIpc) is 2.84. The number of hydrogen-bond donors (Lipinski definition) is 1. The molecule has 8 heteroatoms. The molecule has 1 aromatic heterocycles. The van der Waals surface area contributed by atoms with Crippen LogP contribution in [0.3, 0.4) is 0 Å². The number of anilines is 1. The highest BCUT2D eigenvalue weighted by molar-refractivity contribution is 6.41. The van der Waals surface area contributed by atoms with E-state index in [0.29, 0.717) is 38.6 Å². The summed E-state index contributed by atoms with van der Waals surface area (Å²) >= 11 is 13.1. The zero-order valence-electron chi connectivity index (χ0n) is 17.9. The average molecular weight is 480 g/mol. The van der Waals surface area contributed by atoms with E-state index < -0.39 is 0 Å². The molecule has 4 rings (SSSR count). The summed E-state index contributed by atoms with van der Waals surface area (Å²) in [6, 6.07) is 14.6. The molecule has 0 aliphatic heterocycles. The molecule has 0 aliphatic carbocycles. The van der Waals surface area contributed by atoms with Crippen molar-refractivity contribution < 1.29 is 14.3 Å². The van der Waals surface area contributed by atoms with Gasteiger partial charge in [0.2, 0.25) is 5.91 Å². The first-order chi connectivity index (χ1) is 15.9. The fourth-order valence-corrected chi connectivity index (χ4v) is 4.12. The predicted octanol–water partition coefficient (Wildman–Crippen LogP) is 6.41. The lowest BCUT2D eigenvalue weighted by Gasteiger charge is -2.15. The molecule has 0 saturated carbocycles. The third-order valence-corrected chi connectivity index (χ3v) is 5.77. The second-order valence-corrected chi connectivity index (χ2v) is 7.78. The fraction of sp³-hybridized carbons (Fsp3) is 0.0800. The molecule has 0 atom stereocenters. The van der Waals surface area contributed by atoms with Crippen molar-refractivity contribution in [2.45, 2.75) is 0 Å². The van der Waals surface area contributed by atoms with Gasteiger partial charge < -0.3 is 14.8 Å². The van der Waals surface area contributed by atoms with Crippen molar-refractivity contribution in [3.63, 3.8) is 0 Å². The van der Waals surface area contributed by atoms with Crippen LogP contribution in [-0.2, 0) is 4.79 Å². The second-order valence-electron chi connectivity index (χ2n) is 7.03. The molecule has 6 nitrogen and oxygen atoms in total. The summed E-state index contributed by atoms with van der Waals surface area (Å²) in [5, 5.41) is 4.32. The highest BCUT2D eigenvalue weighted by atomic mass is 35.5. The van der Waals surface area contributed by atoms with Gasteiger partial charge in [-0.1, -0.05) is 48.0 Å². The van der Waals surface area contributed by atoms with Crippen molar-refractivity contribution in [3.05, 3.63) is 77.4 Å². The van der Waals surface area contributed by atoms with E-state index in [1.807, 2.05) is 30.3 Å². The minimum Gasteiger partial charge on any atom is -0.495 e. The van der Waals surface area contributed by atoms with Crippen LogP contribution in [0.2, 0.25) is 10.0 Å². The van der Waals surface area contributed by atoms with Gasteiger partial charge >= 0.3 is 0 Å². The zero-order chi connectivity index (χ0) is 23.5. The number of nitrogens with zero attached hydrogens (tertiary/aromatic N) is 2. The van der Waals surface area contributed by atoms with E-state index in [-0.39, 0.29) is 5.91 Å². The number of methoxy groups -OCH3 is 2. The SMILES string of the molecule is C=CC(=O)Nc1cccc(-c2ncc3cc(-c4c(Cl)c(OC)cc(OC)c4Cl)ccc3n2)c1. The molecule has 0 radical (unpaired) electrons. The van der Waals surface area contributed by atoms with Gasteiger partial charge in [-0.05, 0) is 35.9 Å². The molecular weight excluding hydrogens is 461 g/mol. The summed E-state index contributed by atoms with van der Waals surface area (Å²) in [6.07, 6.45) is 2.95. The van der Waals surface area contributed by atoms with Crippen molar-refractivity contribution in [2.75, 3.05) is 19.5 Å². The lowest BCUT2D eigenvalue weighted by Crippen LogP contribution is -2.07. The predicted molar refractivity (Wildman–Crippen MR) is 132 cm³/mol. The number of ether oxygens (including phenoxy) is 2. The standard InChI is InChI=1S/C25H19Cl2N3O3/c1-4-21(31)29-17-7-5-6-15(11-17)25-28-13-16-10-14(8-9-18(16)30-25)22-23(26)19(32-2)12-20(33-3)24(22)27/h4-13H,1H2,2-3H3,(H,29,31). The Labute approximate surface area is 200 Å². The first kappa shape index (κ1) is 22.6. The number of amides is 1. The zero-order valence-corrected chi connectivity index (χ0v) is 19.4. The van der Waals surface area contributed by atoms with Crippen molar-refractivity contribution in [1.29, 1.82) is 0 Å². The molecule has 0 saturated heterocycles. The number of carbonyl (C=O) groups is 1. The molecule has 1 amide bonds. The summed E-state index contributed by atoms with van der Waals surface area (Å²) in [6.45, 7) is 3.46. The maximum absolute atomic E-state index is 11.6. The van der Waals surface area contributed by atoms with Crippen molar-refractivity contribution in [2.24, 2.45) is 0 Å². The molecule has 0 unspecified atom stereocenters. The van der Waals surface area contributed by atoms with Gasteiger partial charge in [0.05, 0.1) is 29.8 Å². The minimum absolute atomic E-state index is 0.286. The number of aromatic nitrogens is 2. The van der Waals surface area contributed by atoms with Gasteiger partial charge in [0.1, 0.15) is 11.5 Å². The third-order valence-electron chi connectivity index (χ3n) is 5.02. The molecule has 0 bridgehead atoms. The van der Waals surface area contributed by atoms with E-state index in [0.717, 1.165) is 22.0 Å². The van der Waals surface area contributed by atoms with Crippen molar-refractivity contribution >= 4 is 45.7 Å². The van der Waals surface area contributed by atoms with Crippen LogP contribution in [-0.4, -0.2) is 30.1 Å². The Morgan fingerprint density at radius 2 is 1.73 bits per heavy atom. The molecule has 1 N–H and O–H groups in total. The number of nitrogens with one attached hydrogen (secondary N) is 1. The van der Waals surface area contributed by atoms with Crippen LogP contribution in [0.1, 0.15) is 0 Å². The van der Waals surface area contributed by atoms with E-state index in [1.165, 1.54) is 20.3 Å². The largest absolute Gasteiger partial charge is 0.495 e. The van der Waals surface area contributed by atoms with E-state index in [2.05, 4.69) is 21.9 Å². The van der Waals surface area contributed by atoms with Gasteiger partial charge in [0.25, 0.3) is 0 Å². The van der Waals surface area contributed by atoms with Crippen LogP contribution in [0.4, 0.5) is 5.69 Å². The molecular formula is C25H19Cl2N3O3. The number of fused-ring (bicyclic) bond motifs is 1. The Hall–Kier alpha value is -3.61. The Kier molecular flexibility index (Phi) is 6.49. The lowest BCUT2D eigenvalue weighted by atomic mass is 10.0. The Morgan fingerprint density at radius 3 is 2.39 bits per heavy atom. The Balaban J connectivity index is 1.75. The molecule has 4 aromatic rings. The molecule has 0 spiro atoms. The summed E-state index contributed by atoms with van der Waals surface area (Å²) in [5.41, 5.74) is 3.52. The topological polar surface area (TPSA) is 73.3 Å². The molecule has 3 aromatic carbocycles. The summed E-state index contributed by atoms with van der Waals surface area (Å²) in [7, 11) is 3.07. The van der Waals surface area contributed by atoms with E-state index in [9.17, 15) is 4.79 Å². The highest BCUT2D eigenvalue weighted by Crippen LogP contribution is 2.46. The van der Waals surface area contributed by atoms with E-state index in [1.54, 1.807) is 24.4 Å². The lowest BCUT2D eigenvalue weighted by molar-refractivity contribution is -0.111. The maximum atomic E-state index is 11.6. The number of halogens is 2. The fourth-order valence-electron chi connectivity index (χ4n) is 3.40. The van der Waals surface area contributed by atoms with Crippen LogP contribution < -0.4 is 14.8 Å². The number of hydrogen-bond acceptors (Lipinski definition) is 5. The quantitative estimate of drug-likeness (QED) is 0.323. The molecule has 166 valence electrons. The number of rotatable bonds is 6. The smallest absolute Gasteiger partial charge is 0.247 e. The van der Waals surface area contributed by atoms with Crippen molar-refractivity contribution in [1.82, 2.24) is 9.97 Å². The van der Waals surface area contributed by atoms with E-state index >= 15 is 0 Å². The van der Waals surface area contributed by atoms with Crippen LogP contribution in [0.5, 0.6) is 11.5 Å². The molecule has 1 heterocycles. The monoisotopic (exact) mass is 479 g/mol. The summed E-state index contributed by atoms with van der Waals surface area (Å²) < 4.78 is 10.7. The molecule has 0 fully saturated rings. The van der Waals surface area contributed by atoms with Crippen LogP contribution in [0.25, 0.3) is 33.4 Å². The number of carbonyl (C=O) groups excluding carboxylic acids is 1. The summed E-state index contributed by atoms with van der Waals surface area (Å²) in [4.78, 5) is 20.8. The van der Waals surface area contributed by atoms with Gasteiger partial charge in [-0.2, -0.15) is 0 Å². The maximum Gasteiger partial charge on any atom is 0.247 e. The third kappa shape index (κ3) is 4.49. The van der Waals surface area contributed by atoms with Gasteiger partial charge in [-0.15, -0.1) is 0 Å². The summed E-state index contributed by atoms with van der Waals surface area (Å²) in [5.74, 6) is 1.17. The van der Waals surface area contributed by atoms with Gasteiger partial charge in [0.15, 0.2) is 5.82 Å². The van der Waals surface area contributed by atoms with Crippen LogP contribution >= 0.6 is 23.2 Å². The van der Waals surface area contributed by atoms with E-state index in [4.69, 9.17) is 32.7 Å². The van der Waals surface area contributed by atoms with Gasteiger partial charge in [-0.25, -0.2) is 9.97 Å². The number of benzene rings is 3. The Morgan fingerprint density at radius 1 is 1.00 bits per heavy atom. The molecule has 0 aliphatic rings. The van der Waals surface area contributed by atoms with Crippen molar-refractivity contribution in [3.8, 4) is 34.0 Å². The van der Waals surface area contributed by atoms with Gasteiger partial charge in [0, 0.05) is 34.5 Å². The first-order valence-corrected chi connectivity index (χ1v) is 10.6. The van der Waals surface area contributed by atoms with Gasteiger partial charge in [-0.3, -0.25) is 4.79 Å².